The second kappa shape index (κ2) is 6.21. The Hall–Kier alpha value is -2.67. The van der Waals surface area contributed by atoms with E-state index in [-0.39, 0.29) is 11.6 Å². The number of nitro groups is 1. The SMILES string of the molecule is O=C(O)C1CCN(Cc2ccc(-c3cccc([N+](=O)[O-])c3)o2)C1. The molecule has 1 aliphatic rings. The van der Waals surface area contributed by atoms with Crippen LogP contribution in [0.1, 0.15) is 12.2 Å². The van der Waals surface area contributed by atoms with Gasteiger partial charge in [0.25, 0.3) is 5.69 Å². The summed E-state index contributed by atoms with van der Waals surface area (Å²) >= 11 is 0. The molecule has 0 bridgehead atoms. The summed E-state index contributed by atoms with van der Waals surface area (Å²) in [5.41, 5.74) is 0.666. The molecule has 0 radical (unpaired) electrons. The third-order valence-corrected chi connectivity index (χ3v) is 4.00. The van der Waals surface area contributed by atoms with Crippen LogP contribution in [0.3, 0.4) is 0 Å². The predicted molar refractivity (Wildman–Crippen MR) is 81.8 cm³/mol. The number of hydrogen-bond acceptors (Lipinski definition) is 5. The molecule has 7 heteroatoms. The smallest absolute Gasteiger partial charge is 0.307 e. The number of aliphatic carboxylic acids is 1. The van der Waals surface area contributed by atoms with Crippen molar-refractivity contribution < 1.29 is 19.2 Å². The number of hydrogen-bond donors (Lipinski definition) is 1. The van der Waals surface area contributed by atoms with E-state index in [0.717, 1.165) is 12.3 Å². The van der Waals surface area contributed by atoms with Crippen LogP contribution in [-0.2, 0) is 11.3 Å². The van der Waals surface area contributed by atoms with Gasteiger partial charge in [-0.2, -0.15) is 0 Å². The molecule has 2 aromatic rings. The molecule has 1 unspecified atom stereocenters. The van der Waals surface area contributed by atoms with Gasteiger partial charge in [0, 0.05) is 24.2 Å². The van der Waals surface area contributed by atoms with Crippen molar-refractivity contribution in [1.82, 2.24) is 4.90 Å². The number of carboxylic acids is 1. The van der Waals surface area contributed by atoms with E-state index >= 15 is 0 Å². The van der Waals surface area contributed by atoms with Gasteiger partial charge >= 0.3 is 5.97 Å². The standard InChI is InChI=1S/C16H16N2O5/c19-16(20)12-6-7-17(9-12)10-14-4-5-15(23-14)11-2-1-3-13(8-11)18(21)22/h1-5,8,12H,6-7,9-10H2,(H,19,20). The van der Waals surface area contributed by atoms with Gasteiger partial charge in [-0.05, 0) is 25.1 Å². The summed E-state index contributed by atoms with van der Waals surface area (Å²) in [7, 11) is 0. The Kier molecular flexibility index (Phi) is 4.12. The zero-order valence-electron chi connectivity index (χ0n) is 12.3. The van der Waals surface area contributed by atoms with Gasteiger partial charge in [0.1, 0.15) is 11.5 Å². The summed E-state index contributed by atoms with van der Waals surface area (Å²) in [5.74, 6) is 0.209. The molecule has 1 atom stereocenters. The lowest BCUT2D eigenvalue weighted by atomic mass is 10.1. The van der Waals surface area contributed by atoms with Crippen LogP contribution in [0, 0.1) is 16.0 Å². The number of non-ortho nitro benzene ring substituents is 1. The number of likely N-dealkylation sites (tertiary alicyclic amines) is 1. The Morgan fingerprint density at radius 1 is 1.39 bits per heavy atom. The first-order chi connectivity index (χ1) is 11.0. The summed E-state index contributed by atoms with van der Waals surface area (Å²) in [4.78, 5) is 23.4. The van der Waals surface area contributed by atoms with Crippen molar-refractivity contribution in [3.8, 4) is 11.3 Å². The molecule has 1 aromatic carbocycles. The normalized spacial score (nSPS) is 18.2. The molecule has 1 aromatic heterocycles. The molecular weight excluding hydrogens is 300 g/mol. The Morgan fingerprint density at radius 3 is 2.91 bits per heavy atom. The quantitative estimate of drug-likeness (QED) is 0.673. The molecule has 1 saturated heterocycles. The van der Waals surface area contributed by atoms with E-state index < -0.39 is 10.9 Å². The highest BCUT2D eigenvalue weighted by molar-refractivity contribution is 5.70. The third-order valence-electron chi connectivity index (χ3n) is 4.00. The van der Waals surface area contributed by atoms with Crippen LogP contribution < -0.4 is 0 Å². The van der Waals surface area contributed by atoms with E-state index in [4.69, 9.17) is 9.52 Å². The molecule has 0 amide bonds. The maximum absolute atomic E-state index is 11.0. The van der Waals surface area contributed by atoms with Crippen molar-refractivity contribution >= 4 is 11.7 Å². The van der Waals surface area contributed by atoms with Crippen LogP contribution in [0.25, 0.3) is 11.3 Å². The molecule has 1 N–H and O–H groups in total. The minimum Gasteiger partial charge on any atom is -0.481 e. The lowest BCUT2D eigenvalue weighted by molar-refractivity contribution is -0.384. The molecule has 0 saturated carbocycles. The molecule has 0 aliphatic carbocycles. The number of nitrogens with zero attached hydrogens (tertiary/aromatic N) is 2. The molecule has 0 spiro atoms. The molecule has 23 heavy (non-hydrogen) atoms. The van der Waals surface area contributed by atoms with Crippen LogP contribution in [0.5, 0.6) is 0 Å². The monoisotopic (exact) mass is 316 g/mol. The van der Waals surface area contributed by atoms with Crippen LogP contribution in [0.4, 0.5) is 5.69 Å². The van der Waals surface area contributed by atoms with E-state index in [1.807, 2.05) is 11.0 Å². The van der Waals surface area contributed by atoms with Crippen molar-refractivity contribution in [3.05, 3.63) is 52.3 Å². The summed E-state index contributed by atoms with van der Waals surface area (Å²) < 4.78 is 5.75. The topological polar surface area (TPSA) is 96.8 Å². The highest BCUT2D eigenvalue weighted by atomic mass is 16.6. The van der Waals surface area contributed by atoms with Crippen molar-refractivity contribution in [2.45, 2.75) is 13.0 Å². The van der Waals surface area contributed by atoms with Gasteiger partial charge in [0.05, 0.1) is 17.4 Å². The summed E-state index contributed by atoms with van der Waals surface area (Å²) in [5, 5.41) is 19.8. The maximum Gasteiger partial charge on any atom is 0.307 e. The summed E-state index contributed by atoms with van der Waals surface area (Å²) in [6.45, 7) is 1.78. The fraction of sp³-hybridized carbons (Fsp3) is 0.312. The van der Waals surface area contributed by atoms with Gasteiger partial charge in [0.2, 0.25) is 0 Å². The van der Waals surface area contributed by atoms with Crippen molar-refractivity contribution in [1.29, 1.82) is 0 Å². The Morgan fingerprint density at radius 2 is 2.22 bits per heavy atom. The lowest BCUT2D eigenvalue weighted by Crippen LogP contribution is -2.22. The van der Waals surface area contributed by atoms with Crippen LogP contribution >= 0.6 is 0 Å². The van der Waals surface area contributed by atoms with Gasteiger partial charge < -0.3 is 9.52 Å². The number of carbonyl (C=O) groups is 1. The van der Waals surface area contributed by atoms with E-state index in [1.54, 1.807) is 18.2 Å². The Balaban J connectivity index is 1.70. The minimum absolute atomic E-state index is 0.0179. The molecule has 2 heterocycles. The average molecular weight is 316 g/mol. The number of carboxylic acid groups (broad SMARTS) is 1. The molecule has 3 rings (SSSR count). The first-order valence-electron chi connectivity index (χ1n) is 7.31. The van der Waals surface area contributed by atoms with Gasteiger partial charge in [-0.3, -0.25) is 19.8 Å². The fourth-order valence-electron chi connectivity index (χ4n) is 2.79. The fourth-order valence-corrected chi connectivity index (χ4v) is 2.79. The second-order valence-corrected chi connectivity index (χ2v) is 5.63. The van der Waals surface area contributed by atoms with E-state index in [2.05, 4.69) is 0 Å². The molecule has 120 valence electrons. The molecule has 1 fully saturated rings. The van der Waals surface area contributed by atoms with Gasteiger partial charge in [-0.1, -0.05) is 12.1 Å². The number of benzene rings is 1. The zero-order valence-corrected chi connectivity index (χ0v) is 12.3. The number of rotatable bonds is 5. The van der Waals surface area contributed by atoms with Gasteiger partial charge in [0.15, 0.2) is 0 Å². The highest BCUT2D eigenvalue weighted by Crippen LogP contribution is 2.27. The van der Waals surface area contributed by atoms with Crippen molar-refractivity contribution in [2.24, 2.45) is 5.92 Å². The zero-order chi connectivity index (χ0) is 16.4. The van der Waals surface area contributed by atoms with Crippen molar-refractivity contribution in [2.75, 3.05) is 13.1 Å². The Labute approximate surface area is 132 Å². The minimum atomic E-state index is -0.760. The van der Waals surface area contributed by atoms with Crippen molar-refractivity contribution in [3.63, 3.8) is 0 Å². The molecular formula is C16H16N2O5. The first kappa shape index (κ1) is 15.2. The van der Waals surface area contributed by atoms with E-state index in [0.29, 0.717) is 30.8 Å². The van der Waals surface area contributed by atoms with Gasteiger partial charge in [-0.15, -0.1) is 0 Å². The first-order valence-corrected chi connectivity index (χ1v) is 7.31. The van der Waals surface area contributed by atoms with Crippen LogP contribution in [0.15, 0.2) is 40.8 Å². The highest BCUT2D eigenvalue weighted by Gasteiger charge is 2.28. The second-order valence-electron chi connectivity index (χ2n) is 5.63. The Bertz CT molecular complexity index is 740. The average Bonchev–Trinajstić information content (AvgIpc) is 3.17. The van der Waals surface area contributed by atoms with E-state index in [9.17, 15) is 14.9 Å². The van der Waals surface area contributed by atoms with E-state index in [1.165, 1.54) is 12.1 Å². The molecule has 1 aliphatic heterocycles. The summed E-state index contributed by atoms with van der Waals surface area (Å²) in [6, 6.07) is 9.88. The maximum atomic E-state index is 11.0. The van der Waals surface area contributed by atoms with Crippen LogP contribution in [0.2, 0.25) is 0 Å². The summed E-state index contributed by atoms with van der Waals surface area (Å²) in [6.07, 6.45) is 0.647. The van der Waals surface area contributed by atoms with Crippen LogP contribution in [-0.4, -0.2) is 34.0 Å². The predicted octanol–water partition coefficient (Wildman–Crippen LogP) is 2.76. The van der Waals surface area contributed by atoms with Gasteiger partial charge in [-0.25, -0.2) is 0 Å². The number of nitro benzene ring substituents is 1. The number of furan rings is 1. The third kappa shape index (κ3) is 3.40. The largest absolute Gasteiger partial charge is 0.481 e. The molecule has 7 nitrogen and oxygen atoms in total. The lowest BCUT2D eigenvalue weighted by Gasteiger charge is -2.12.